The molecule has 1 aromatic carbocycles. The Kier molecular flexibility index (Phi) is 5.57. The molecule has 1 aromatic heterocycles. The molecule has 1 heterocycles. The number of hydrogen-bond donors (Lipinski definition) is 2. The molecular weight excluding hydrogens is 392 g/mol. The largest absolute Gasteiger partial charge is 0.325 e. The molecule has 0 atom stereocenters. The monoisotopic (exact) mass is 402 g/mol. The average molecular weight is 404 g/mol. The Balaban J connectivity index is 1.74. The Bertz CT molecular complexity index is 554. The standard InChI is InChI=1S/C13H12Br2N2OS/c14-9-1-3-11(4-2-9)17-13(18)7-16-6-12-5-10(15)8-19-12/h1-5,8,16H,6-7H2,(H,17,18). The van der Waals surface area contributed by atoms with E-state index in [-0.39, 0.29) is 5.91 Å². The number of hydrogen-bond acceptors (Lipinski definition) is 3. The van der Waals surface area contributed by atoms with E-state index in [2.05, 4.69) is 42.5 Å². The topological polar surface area (TPSA) is 41.1 Å². The molecule has 0 fully saturated rings. The number of carbonyl (C=O) groups excluding carboxylic acids is 1. The molecule has 2 aromatic rings. The highest BCUT2D eigenvalue weighted by atomic mass is 79.9. The third kappa shape index (κ3) is 5.06. The van der Waals surface area contributed by atoms with Gasteiger partial charge in [-0.25, -0.2) is 0 Å². The van der Waals surface area contributed by atoms with Crippen LogP contribution in [0.3, 0.4) is 0 Å². The predicted octanol–water partition coefficient (Wildman–Crippen LogP) is 4.00. The Labute approximate surface area is 132 Å². The lowest BCUT2D eigenvalue weighted by Gasteiger charge is -2.06. The van der Waals surface area contributed by atoms with E-state index in [0.29, 0.717) is 13.1 Å². The third-order valence-electron chi connectivity index (χ3n) is 2.33. The molecule has 1 amide bonds. The Hall–Kier alpha value is -0.690. The summed E-state index contributed by atoms with van der Waals surface area (Å²) in [7, 11) is 0. The molecule has 6 heteroatoms. The van der Waals surface area contributed by atoms with Gasteiger partial charge in [0.25, 0.3) is 0 Å². The maximum atomic E-state index is 11.7. The second kappa shape index (κ2) is 7.19. The van der Waals surface area contributed by atoms with Crippen molar-refractivity contribution in [1.29, 1.82) is 0 Å². The van der Waals surface area contributed by atoms with Crippen LogP contribution in [-0.4, -0.2) is 12.5 Å². The molecule has 0 aliphatic heterocycles. The smallest absolute Gasteiger partial charge is 0.238 e. The summed E-state index contributed by atoms with van der Waals surface area (Å²) >= 11 is 8.42. The van der Waals surface area contributed by atoms with Crippen LogP contribution >= 0.6 is 43.2 Å². The van der Waals surface area contributed by atoms with Crippen molar-refractivity contribution in [3.63, 3.8) is 0 Å². The average Bonchev–Trinajstić information content (AvgIpc) is 2.78. The minimum absolute atomic E-state index is 0.0436. The lowest BCUT2D eigenvalue weighted by atomic mass is 10.3. The number of halogens is 2. The fraction of sp³-hybridized carbons (Fsp3) is 0.154. The summed E-state index contributed by atoms with van der Waals surface area (Å²) in [5.41, 5.74) is 0.800. The summed E-state index contributed by atoms with van der Waals surface area (Å²) in [6, 6.07) is 9.56. The zero-order valence-electron chi connectivity index (χ0n) is 9.95. The highest BCUT2D eigenvalue weighted by Crippen LogP contribution is 2.19. The highest BCUT2D eigenvalue weighted by molar-refractivity contribution is 9.10. The molecular formula is C13H12Br2N2OS. The van der Waals surface area contributed by atoms with Gasteiger partial charge in [-0.1, -0.05) is 15.9 Å². The van der Waals surface area contributed by atoms with Gasteiger partial charge in [0.05, 0.1) is 6.54 Å². The minimum atomic E-state index is -0.0436. The first kappa shape index (κ1) is 14.7. The normalized spacial score (nSPS) is 10.4. The van der Waals surface area contributed by atoms with E-state index < -0.39 is 0 Å². The molecule has 0 radical (unpaired) electrons. The first-order chi connectivity index (χ1) is 9.13. The van der Waals surface area contributed by atoms with Crippen molar-refractivity contribution in [3.05, 3.63) is 49.5 Å². The number of rotatable bonds is 5. The molecule has 0 aliphatic carbocycles. The Morgan fingerprint density at radius 3 is 2.53 bits per heavy atom. The molecule has 100 valence electrons. The first-order valence-corrected chi connectivity index (χ1v) is 8.09. The number of amides is 1. The van der Waals surface area contributed by atoms with Crippen LogP contribution in [0.5, 0.6) is 0 Å². The third-order valence-corrected chi connectivity index (χ3v) is 4.56. The highest BCUT2D eigenvalue weighted by Gasteiger charge is 2.03. The quantitative estimate of drug-likeness (QED) is 0.791. The number of anilines is 1. The van der Waals surface area contributed by atoms with Crippen LogP contribution in [0.2, 0.25) is 0 Å². The summed E-state index contributed by atoms with van der Waals surface area (Å²) in [6.45, 7) is 0.996. The van der Waals surface area contributed by atoms with Gasteiger partial charge in [-0.2, -0.15) is 0 Å². The summed E-state index contributed by atoms with van der Waals surface area (Å²) < 4.78 is 2.07. The maximum absolute atomic E-state index is 11.7. The van der Waals surface area contributed by atoms with E-state index >= 15 is 0 Å². The zero-order valence-corrected chi connectivity index (χ0v) is 13.9. The molecule has 0 aliphatic rings. The second-order valence-electron chi connectivity index (χ2n) is 3.89. The van der Waals surface area contributed by atoms with Crippen LogP contribution in [0.4, 0.5) is 5.69 Å². The Morgan fingerprint density at radius 2 is 1.89 bits per heavy atom. The maximum Gasteiger partial charge on any atom is 0.238 e. The molecule has 0 bridgehead atoms. The van der Waals surface area contributed by atoms with E-state index in [1.807, 2.05) is 35.7 Å². The fourth-order valence-electron chi connectivity index (χ4n) is 1.48. The SMILES string of the molecule is O=C(CNCc1cc(Br)cs1)Nc1ccc(Br)cc1. The summed E-state index contributed by atoms with van der Waals surface area (Å²) in [4.78, 5) is 12.9. The van der Waals surface area contributed by atoms with Crippen LogP contribution in [0, 0.1) is 0 Å². The molecule has 0 saturated carbocycles. The van der Waals surface area contributed by atoms with Gasteiger partial charge in [-0.15, -0.1) is 11.3 Å². The molecule has 2 N–H and O–H groups in total. The van der Waals surface area contributed by atoms with Crippen molar-refractivity contribution in [2.75, 3.05) is 11.9 Å². The number of nitrogens with one attached hydrogen (secondary N) is 2. The predicted molar refractivity (Wildman–Crippen MR) is 86.5 cm³/mol. The molecule has 19 heavy (non-hydrogen) atoms. The van der Waals surface area contributed by atoms with Crippen molar-refractivity contribution >= 4 is 54.8 Å². The zero-order chi connectivity index (χ0) is 13.7. The van der Waals surface area contributed by atoms with Crippen molar-refractivity contribution in [3.8, 4) is 0 Å². The van der Waals surface area contributed by atoms with Crippen LogP contribution < -0.4 is 10.6 Å². The van der Waals surface area contributed by atoms with Gasteiger partial charge in [0.2, 0.25) is 5.91 Å². The minimum Gasteiger partial charge on any atom is -0.325 e. The van der Waals surface area contributed by atoms with Crippen LogP contribution in [0.25, 0.3) is 0 Å². The molecule has 2 rings (SSSR count). The van der Waals surface area contributed by atoms with E-state index in [0.717, 1.165) is 14.6 Å². The number of carbonyl (C=O) groups is 1. The Morgan fingerprint density at radius 1 is 1.16 bits per heavy atom. The molecule has 0 unspecified atom stereocenters. The van der Waals surface area contributed by atoms with Crippen molar-refractivity contribution < 1.29 is 4.79 Å². The van der Waals surface area contributed by atoms with Crippen molar-refractivity contribution in [2.45, 2.75) is 6.54 Å². The van der Waals surface area contributed by atoms with Crippen LogP contribution in [0.15, 0.2) is 44.7 Å². The lowest BCUT2D eigenvalue weighted by molar-refractivity contribution is -0.115. The van der Waals surface area contributed by atoms with Gasteiger partial charge >= 0.3 is 0 Å². The number of benzene rings is 1. The first-order valence-electron chi connectivity index (χ1n) is 5.62. The van der Waals surface area contributed by atoms with Crippen molar-refractivity contribution in [2.24, 2.45) is 0 Å². The second-order valence-corrected chi connectivity index (χ2v) is 6.72. The van der Waals surface area contributed by atoms with Crippen molar-refractivity contribution in [1.82, 2.24) is 5.32 Å². The molecule has 0 saturated heterocycles. The summed E-state index contributed by atoms with van der Waals surface area (Å²) in [5.74, 6) is -0.0436. The van der Waals surface area contributed by atoms with E-state index in [9.17, 15) is 4.79 Å². The molecule has 3 nitrogen and oxygen atoms in total. The van der Waals surface area contributed by atoms with Crippen LogP contribution in [-0.2, 0) is 11.3 Å². The van der Waals surface area contributed by atoms with Gasteiger partial charge in [-0.05, 0) is 46.3 Å². The summed E-state index contributed by atoms with van der Waals surface area (Å²) in [6.07, 6.45) is 0. The van der Waals surface area contributed by atoms with Gasteiger partial charge in [0.15, 0.2) is 0 Å². The van der Waals surface area contributed by atoms with Gasteiger partial charge < -0.3 is 10.6 Å². The molecule has 0 spiro atoms. The van der Waals surface area contributed by atoms with Gasteiger partial charge in [0.1, 0.15) is 0 Å². The van der Waals surface area contributed by atoms with Gasteiger partial charge in [0, 0.05) is 31.4 Å². The van der Waals surface area contributed by atoms with Gasteiger partial charge in [-0.3, -0.25) is 4.79 Å². The van der Waals surface area contributed by atoms with Crippen LogP contribution in [0.1, 0.15) is 4.88 Å². The van der Waals surface area contributed by atoms with E-state index in [1.165, 1.54) is 4.88 Å². The fourth-order valence-corrected chi connectivity index (χ4v) is 3.17. The number of thiophene rings is 1. The van der Waals surface area contributed by atoms with E-state index in [1.54, 1.807) is 11.3 Å². The summed E-state index contributed by atoms with van der Waals surface area (Å²) in [5, 5.41) is 7.97. The lowest BCUT2D eigenvalue weighted by Crippen LogP contribution is -2.27. The van der Waals surface area contributed by atoms with E-state index in [4.69, 9.17) is 0 Å².